The predicted molar refractivity (Wildman–Crippen MR) is 125 cm³/mol. The van der Waals surface area contributed by atoms with Crippen molar-refractivity contribution in [2.45, 2.75) is 32.2 Å². The van der Waals surface area contributed by atoms with E-state index in [0.29, 0.717) is 5.56 Å². The standard InChI is InChI=1S/C26H27N3O2/c1-4-21-19-14-17(2)16-26(21,22-11-12-24(30)29-23(22)15-19)28-13-7-9-18-8-5-6-10-20(18)25(31)27-3/h4-14,19H,15-16H2,1-3H3,(H,27,31)(H,29,30)/b9-7?,21-4+,28-13?/t19-,26+/m0/s1. The molecule has 0 saturated heterocycles. The number of nitrogens with one attached hydrogen (secondary N) is 2. The number of fused-ring (bicyclic) bond motifs is 4. The van der Waals surface area contributed by atoms with Crippen LogP contribution in [-0.2, 0) is 12.0 Å². The van der Waals surface area contributed by atoms with Crippen LogP contribution in [-0.4, -0.2) is 24.2 Å². The summed E-state index contributed by atoms with van der Waals surface area (Å²) >= 11 is 0. The molecule has 0 radical (unpaired) electrons. The zero-order valence-electron chi connectivity index (χ0n) is 18.1. The molecule has 2 aromatic rings. The predicted octanol–water partition coefficient (Wildman–Crippen LogP) is 4.18. The van der Waals surface area contributed by atoms with Gasteiger partial charge in [0, 0.05) is 48.5 Å². The number of carbonyl (C=O) groups excluding carboxylic acids is 1. The fourth-order valence-electron chi connectivity index (χ4n) is 4.95. The molecule has 0 saturated carbocycles. The quantitative estimate of drug-likeness (QED) is 0.583. The van der Waals surface area contributed by atoms with E-state index < -0.39 is 5.54 Å². The van der Waals surface area contributed by atoms with Crippen LogP contribution in [0.3, 0.4) is 0 Å². The maximum absolute atomic E-state index is 12.1. The maximum Gasteiger partial charge on any atom is 0.251 e. The Bertz CT molecular complexity index is 1200. The second-order valence-corrected chi connectivity index (χ2v) is 8.12. The van der Waals surface area contributed by atoms with E-state index in [4.69, 9.17) is 4.99 Å². The Labute approximate surface area is 182 Å². The Balaban J connectivity index is 1.75. The van der Waals surface area contributed by atoms with E-state index in [1.165, 1.54) is 11.1 Å². The molecule has 1 aromatic carbocycles. The second-order valence-electron chi connectivity index (χ2n) is 8.12. The molecule has 0 aliphatic heterocycles. The lowest BCUT2D eigenvalue weighted by Gasteiger charge is -2.45. The maximum atomic E-state index is 12.1. The number of amides is 1. The van der Waals surface area contributed by atoms with Gasteiger partial charge in [-0.25, -0.2) is 0 Å². The molecule has 2 bridgehead atoms. The molecule has 2 N–H and O–H groups in total. The molecule has 0 fully saturated rings. The van der Waals surface area contributed by atoms with Crippen molar-refractivity contribution in [2.75, 3.05) is 7.05 Å². The summed E-state index contributed by atoms with van der Waals surface area (Å²) < 4.78 is 0. The van der Waals surface area contributed by atoms with E-state index >= 15 is 0 Å². The number of aliphatic imine (C=N–C) groups is 1. The Morgan fingerprint density at radius 3 is 2.84 bits per heavy atom. The van der Waals surface area contributed by atoms with Crippen LogP contribution in [0.5, 0.6) is 0 Å². The number of H-pyrrole nitrogens is 1. The van der Waals surface area contributed by atoms with Crippen LogP contribution in [0.4, 0.5) is 0 Å². The summed E-state index contributed by atoms with van der Waals surface area (Å²) in [6.07, 6.45) is 11.6. The van der Waals surface area contributed by atoms with Crippen molar-refractivity contribution in [1.82, 2.24) is 10.3 Å². The third-order valence-corrected chi connectivity index (χ3v) is 6.17. The topological polar surface area (TPSA) is 74.3 Å². The van der Waals surface area contributed by atoms with Gasteiger partial charge in [0.2, 0.25) is 5.56 Å². The second kappa shape index (κ2) is 8.34. The summed E-state index contributed by atoms with van der Waals surface area (Å²) in [6.45, 7) is 4.21. The SMILES string of the molecule is C/C=C1\[C@H]2C=C(C)C[C@]1(N=CC=Cc1ccccc1C(=O)NC)c1ccc(=O)[nH]c1C2. The summed E-state index contributed by atoms with van der Waals surface area (Å²) in [5, 5.41) is 2.68. The lowest BCUT2D eigenvalue weighted by Crippen LogP contribution is -2.40. The third-order valence-electron chi connectivity index (χ3n) is 6.17. The molecule has 158 valence electrons. The number of allylic oxidation sites excluding steroid dienone is 3. The van der Waals surface area contributed by atoms with E-state index in [1.807, 2.05) is 42.6 Å². The number of carbonyl (C=O) groups is 1. The number of aromatic amines is 1. The third kappa shape index (κ3) is 3.72. The van der Waals surface area contributed by atoms with Crippen molar-refractivity contribution in [3.05, 3.63) is 98.5 Å². The molecule has 5 heteroatoms. The lowest BCUT2D eigenvalue weighted by molar-refractivity contribution is 0.0963. The van der Waals surface area contributed by atoms with Gasteiger partial charge >= 0.3 is 0 Å². The monoisotopic (exact) mass is 413 g/mol. The molecular weight excluding hydrogens is 386 g/mol. The molecule has 1 amide bonds. The number of rotatable bonds is 4. The number of pyridine rings is 1. The van der Waals surface area contributed by atoms with Gasteiger partial charge in [-0.05, 0) is 49.6 Å². The molecule has 1 aromatic heterocycles. The Morgan fingerprint density at radius 1 is 1.26 bits per heavy atom. The molecule has 0 unspecified atom stereocenters. The zero-order valence-corrected chi connectivity index (χ0v) is 18.1. The number of nitrogens with zero attached hydrogens (tertiary/aromatic N) is 1. The van der Waals surface area contributed by atoms with Gasteiger partial charge < -0.3 is 10.3 Å². The zero-order chi connectivity index (χ0) is 22.0. The number of hydrogen-bond acceptors (Lipinski definition) is 3. The Hall–Kier alpha value is -3.47. The highest BCUT2D eigenvalue weighted by molar-refractivity contribution is 5.98. The highest BCUT2D eigenvalue weighted by Crippen LogP contribution is 2.51. The van der Waals surface area contributed by atoms with Gasteiger partial charge in [0.05, 0.1) is 0 Å². The highest BCUT2D eigenvalue weighted by atomic mass is 16.1. The van der Waals surface area contributed by atoms with Crippen molar-refractivity contribution >= 4 is 18.2 Å². The minimum absolute atomic E-state index is 0.0775. The first-order chi connectivity index (χ1) is 15.0. The van der Waals surface area contributed by atoms with E-state index in [2.05, 4.69) is 36.3 Å². The van der Waals surface area contributed by atoms with Crippen LogP contribution >= 0.6 is 0 Å². The first-order valence-corrected chi connectivity index (χ1v) is 10.6. The van der Waals surface area contributed by atoms with E-state index in [0.717, 1.165) is 29.7 Å². The highest BCUT2D eigenvalue weighted by Gasteiger charge is 2.46. The molecule has 1 heterocycles. The molecular formula is C26H27N3O2. The molecule has 5 nitrogen and oxygen atoms in total. The van der Waals surface area contributed by atoms with Gasteiger partial charge in [0.1, 0.15) is 5.54 Å². The lowest BCUT2D eigenvalue weighted by atomic mass is 9.63. The van der Waals surface area contributed by atoms with Crippen LogP contribution in [0.1, 0.15) is 47.4 Å². The average Bonchev–Trinajstić information content (AvgIpc) is 2.75. The number of hydrogen-bond donors (Lipinski definition) is 2. The van der Waals surface area contributed by atoms with Crippen molar-refractivity contribution in [2.24, 2.45) is 10.9 Å². The van der Waals surface area contributed by atoms with Gasteiger partial charge in [0.15, 0.2) is 0 Å². The van der Waals surface area contributed by atoms with Crippen LogP contribution in [0.15, 0.2) is 75.6 Å². The van der Waals surface area contributed by atoms with Crippen LogP contribution < -0.4 is 10.9 Å². The Morgan fingerprint density at radius 2 is 2.06 bits per heavy atom. The van der Waals surface area contributed by atoms with E-state index in [1.54, 1.807) is 19.2 Å². The van der Waals surface area contributed by atoms with E-state index in [9.17, 15) is 9.59 Å². The fraction of sp³-hybridized carbons (Fsp3) is 0.269. The molecule has 2 aliphatic rings. The molecule has 31 heavy (non-hydrogen) atoms. The fourth-order valence-corrected chi connectivity index (χ4v) is 4.95. The van der Waals surface area contributed by atoms with Gasteiger partial charge in [-0.1, -0.05) is 42.0 Å². The van der Waals surface area contributed by atoms with Crippen molar-refractivity contribution in [3.63, 3.8) is 0 Å². The first-order valence-electron chi connectivity index (χ1n) is 10.6. The largest absolute Gasteiger partial charge is 0.355 e. The summed E-state index contributed by atoms with van der Waals surface area (Å²) in [4.78, 5) is 32.2. The number of aromatic nitrogens is 1. The Kier molecular flexibility index (Phi) is 5.59. The van der Waals surface area contributed by atoms with E-state index in [-0.39, 0.29) is 17.4 Å². The molecule has 2 aliphatic carbocycles. The smallest absolute Gasteiger partial charge is 0.251 e. The van der Waals surface area contributed by atoms with Crippen LogP contribution in [0, 0.1) is 5.92 Å². The van der Waals surface area contributed by atoms with Crippen LogP contribution in [0.25, 0.3) is 6.08 Å². The van der Waals surface area contributed by atoms with Gasteiger partial charge in [-0.3, -0.25) is 14.6 Å². The van der Waals surface area contributed by atoms with Gasteiger partial charge in [0.25, 0.3) is 5.91 Å². The summed E-state index contributed by atoms with van der Waals surface area (Å²) in [7, 11) is 1.63. The van der Waals surface area contributed by atoms with Crippen molar-refractivity contribution in [3.8, 4) is 0 Å². The molecule has 4 rings (SSSR count). The normalized spacial score (nSPS) is 23.8. The molecule has 2 atom stereocenters. The minimum atomic E-state index is -0.513. The van der Waals surface area contributed by atoms with Gasteiger partial charge in [-0.2, -0.15) is 0 Å². The summed E-state index contributed by atoms with van der Waals surface area (Å²) in [6, 6.07) is 11.0. The minimum Gasteiger partial charge on any atom is -0.355 e. The van der Waals surface area contributed by atoms with Crippen LogP contribution in [0.2, 0.25) is 0 Å². The van der Waals surface area contributed by atoms with Gasteiger partial charge in [-0.15, -0.1) is 0 Å². The summed E-state index contributed by atoms with van der Waals surface area (Å²) in [5.74, 6) is 0.118. The number of benzene rings is 1. The molecule has 0 spiro atoms. The van der Waals surface area contributed by atoms with Crippen molar-refractivity contribution in [1.29, 1.82) is 0 Å². The van der Waals surface area contributed by atoms with Crippen molar-refractivity contribution < 1.29 is 4.79 Å². The summed E-state index contributed by atoms with van der Waals surface area (Å²) in [5.41, 5.74) is 5.48. The average molecular weight is 414 g/mol. The first kappa shape index (κ1) is 20.8.